The van der Waals surface area contributed by atoms with Gasteiger partial charge in [-0.1, -0.05) is 35.9 Å². The lowest BCUT2D eigenvalue weighted by molar-refractivity contribution is 0.0946. The first-order chi connectivity index (χ1) is 12.8. The van der Waals surface area contributed by atoms with Gasteiger partial charge in [-0.3, -0.25) is 4.79 Å². The van der Waals surface area contributed by atoms with Crippen LogP contribution < -0.4 is 5.32 Å². The fourth-order valence-corrected chi connectivity index (χ4v) is 6.03. The van der Waals surface area contributed by atoms with Crippen LogP contribution in [0.5, 0.6) is 0 Å². The number of rotatable bonds is 5. The number of sulfonamides is 1. The molecule has 1 heterocycles. The van der Waals surface area contributed by atoms with Crippen molar-refractivity contribution < 1.29 is 13.2 Å². The molecular weight excluding hydrogens is 360 g/mol. The molecule has 1 fully saturated rings. The average molecular weight is 387 g/mol. The Hall–Kier alpha value is -2.18. The molecule has 1 aliphatic rings. The summed E-state index contributed by atoms with van der Waals surface area (Å²) in [5.41, 5.74) is 3.17. The van der Waals surface area contributed by atoms with Gasteiger partial charge in [-0.05, 0) is 56.9 Å². The van der Waals surface area contributed by atoms with E-state index in [0.717, 1.165) is 29.5 Å². The predicted octanol–water partition coefficient (Wildman–Crippen LogP) is 3.19. The molecule has 1 saturated heterocycles. The molecule has 3 rings (SSSR count). The van der Waals surface area contributed by atoms with Crippen molar-refractivity contribution in [3.8, 4) is 0 Å². The summed E-state index contributed by atoms with van der Waals surface area (Å²) in [6.07, 6.45) is 1.55. The van der Waals surface area contributed by atoms with E-state index in [1.54, 1.807) is 16.4 Å². The van der Waals surface area contributed by atoms with Gasteiger partial charge in [0.05, 0.1) is 4.90 Å². The normalized spacial score (nSPS) is 17.8. The van der Waals surface area contributed by atoms with Gasteiger partial charge in [-0.2, -0.15) is 4.31 Å². The van der Waals surface area contributed by atoms with Crippen LogP contribution in [-0.2, 0) is 10.0 Å². The number of hydrogen-bond acceptors (Lipinski definition) is 3. The molecule has 1 N–H and O–H groups in total. The van der Waals surface area contributed by atoms with Gasteiger partial charge < -0.3 is 5.32 Å². The summed E-state index contributed by atoms with van der Waals surface area (Å²) in [5.74, 6) is -0.178. The van der Waals surface area contributed by atoms with Gasteiger partial charge >= 0.3 is 0 Å². The van der Waals surface area contributed by atoms with E-state index in [2.05, 4.69) is 5.32 Å². The Balaban J connectivity index is 1.79. The smallest absolute Gasteiger partial charge is 0.251 e. The van der Waals surface area contributed by atoms with Crippen LogP contribution in [0.25, 0.3) is 0 Å². The van der Waals surface area contributed by atoms with Crippen LogP contribution in [0.1, 0.15) is 39.9 Å². The van der Waals surface area contributed by atoms with Crippen molar-refractivity contribution in [3.63, 3.8) is 0 Å². The largest absolute Gasteiger partial charge is 0.350 e. The zero-order valence-electron chi connectivity index (χ0n) is 16.0. The first kappa shape index (κ1) is 19.6. The number of amides is 1. The van der Waals surface area contributed by atoms with Gasteiger partial charge in [0.25, 0.3) is 5.91 Å². The van der Waals surface area contributed by atoms with Crippen molar-refractivity contribution in [3.05, 3.63) is 64.7 Å². The molecular formula is C21H26N2O3S. The quantitative estimate of drug-likeness (QED) is 0.858. The molecule has 0 radical (unpaired) electrons. The van der Waals surface area contributed by atoms with Gasteiger partial charge in [0, 0.05) is 24.7 Å². The molecule has 2 aromatic rings. The Kier molecular flexibility index (Phi) is 5.67. The Morgan fingerprint density at radius 1 is 1.11 bits per heavy atom. The second-order valence-corrected chi connectivity index (χ2v) is 9.04. The summed E-state index contributed by atoms with van der Waals surface area (Å²) < 4.78 is 28.2. The summed E-state index contributed by atoms with van der Waals surface area (Å²) in [6, 6.07) is 12.6. The van der Waals surface area contributed by atoms with E-state index in [-0.39, 0.29) is 11.9 Å². The van der Waals surface area contributed by atoms with E-state index in [4.69, 9.17) is 0 Å². The fraction of sp³-hybridized carbons (Fsp3) is 0.381. The molecule has 0 bridgehead atoms. The number of nitrogens with zero attached hydrogens (tertiary/aromatic N) is 1. The van der Waals surface area contributed by atoms with Crippen LogP contribution in [0.15, 0.2) is 47.4 Å². The first-order valence-electron chi connectivity index (χ1n) is 9.23. The second-order valence-electron chi connectivity index (χ2n) is 7.22. The van der Waals surface area contributed by atoms with Gasteiger partial charge in [-0.15, -0.1) is 0 Å². The highest BCUT2D eigenvalue weighted by Gasteiger charge is 2.36. The number of aryl methyl sites for hydroxylation is 3. The molecule has 144 valence electrons. The van der Waals surface area contributed by atoms with Crippen LogP contribution >= 0.6 is 0 Å². The number of carbonyl (C=O) groups excluding carboxylic acids is 1. The predicted molar refractivity (Wildman–Crippen MR) is 106 cm³/mol. The van der Waals surface area contributed by atoms with E-state index in [1.807, 2.05) is 51.1 Å². The molecule has 0 aromatic heterocycles. The number of carbonyl (C=O) groups is 1. The number of hydrogen-bond donors (Lipinski definition) is 1. The molecule has 0 spiro atoms. The summed E-state index contributed by atoms with van der Waals surface area (Å²) in [5, 5.41) is 2.89. The zero-order valence-corrected chi connectivity index (χ0v) is 16.8. The second kappa shape index (κ2) is 7.82. The van der Waals surface area contributed by atoms with Crippen LogP contribution in [0.3, 0.4) is 0 Å². The molecule has 0 saturated carbocycles. The minimum atomic E-state index is -3.60. The summed E-state index contributed by atoms with van der Waals surface area (Å²) in [6.45, 7) is 6.45. The van der Waals surface area contributed by atoms with E-state index in [0.29, 0.717) is 23.5 Å². The molecule has 0 unspecified atom stereocenters. The van der Waals surface area contributed by atoms with Crippen molar-refractivity contribution in [1.82, 2.24) is 9.62 Å². The van der Waals surface area contributed by atoms with Gasteiger partial charge in [0.2, 0.25) is 10.0 Å². The third kappa shape index (κ3) is 4.06. The molecule has 1 atom stereocenters. The SMILES string of the molecule is Cc1cc(C)c(S(=O)(=O)N2CCC[C@@H]2CNC(=O)c2ccccc2)c(C)c1. The summed E-state index contributed by atoms with van der Waals surface area (Å²) in [4.78, 5) is 12.7. The lowest BCUT2D eigenvalue weighted by Crippen LogP contribution is -2.43. The van der Waals surface area contributed by atoms with Crippen LogP contribution in [0.4, 0.5) is 0 Å². The van der Waals surface area contributed by atoms with Crippen LogP contribution in [0.2, 0.25) is 0 Å². The van der Waals surface area contributed by atoms with Crippen LogP contribution in [0, 0.1) is 20.8 Å². The third-order valence-corrected chi connectivity index (χ3v) is 7.29. The number of benzene rings is 2. The van der Waals surface area contributed by atoms with E-state index in [1.165, 1.54) is 0 Å². The molecule has 6 heteroatoms. The highest BCUT2D eigenvalue weighted by molar-refractivity contribution is 7.89. The lowest BCUT2D eigenvalue weighted by Gasteiger charge is -2.26. The number of nitrogens with one attached hydrogen (secondary N) is 1. The van der Waals surface area contributed by atoms with Crippen molar-refractivity contribution in [2.75, 3.05) is 13.1 Å². The Morgan fingerprint density at radius 2 is 1.74 bits per heavy atom. The van der Waals surface area contributed by atoms with E-state index in [9.17, 15) is 13.2 Å². The van der Waals surface area contributed by atoms with E-state index < -0.39 is 10.0 Å². The topological polar surface area (TPSA) is 66.5 Å². The van der Waals surface area contributed by atoms with Gasteiger partial charge in [0.15, 0.2) is 0 Å². The summed E-state index contributed by atoms with van der Waals surface area (Å²) >= 11 is 0. The Bertz CT molecular complexity index is 916. The third-order valence-electron chi connectivity index (χ3n) is 5.03. The van der Waals surface area contributed by atoms with Gasteiger partial charge in [-0.25, -0.2) is 8.42 Å². The highest BCUT2D eigenvalue weighted by Crippen LogP contribution is 2.30. The Morgan fingerprint density at radius 3 is 2.37 bits per heavy atom. The maximum absolute atomic E-state index is 13.3. The lowest BCUT2D eigenvalue weighted by atomic mass is 10.1. The fourth-order valence-electron chi connectivity index (χ4n) is 3.92. The monoisotopic (exact) mass is 386 g/mol. The van der Waals surface area contributed by atoms with Crippen molar-refractivity contribution in [2.24, 2.45) is 0 Å². The minimum Gasteiger partial charge on any atom is -0.350 e. The molecule has 5 nitrogen and oxygen atoms in total. The van der Waals surface area contributed by atoms with Gasteiger partial charge in [0.1, 0.15) is 0 Å². The molecule has 2 aromatic carbocycles. The van der Waals surface area contributed by atoms with Crippen molar-refractivity contribution in [1.29, 1.82) is 0 Å². The maximum atomic E-state index is 13.3. The molecule has 1 aliphatic heterocycles. The van der Waals surface area contributed by atoms with Crippen molar-refractivity contribution >= 4 is 15.9 Å². The Labute approximate surface area is 161 Å². The van der Waals surface area contributed by atoms with Crippen molar-refractivity contribution in [2.45, 2.75) is 44.6 Å². The maximum Gasteiger partial charge on any atom is 0.251 e. The first-order valence-corrected chi connectivity index (χ1v) is 10.7. The average Bonchev–Trinajstić information content (AvgIpc) is 3.08. The molecule has 27 heavy (non-hydrogen) atoms. The van der Waals surface area contributed by atoms with Crippen LogP contribution in [-0.4, -0.2) is 37.8 Å². The van der Waals surface area contributed by atoms with E-state index >= 15 is 0 Å². The standard InChI is InChI=1S/C21H26N2O3S/c1-15-12-16(2)20(17(3)13-15)27(25,26)23-11-7-10-19(23)14-22-21(24)18-8-5-4-6-9-18/h4-6,8-9,12-13,19H,7,10-11,14H2,1-3H3,(H,22,24)/t19-/m1/s1. The highest BCUT2D eigenvalue weighted by atomic mass is 32.2. The molecule has 1 amide bonds. The molecule has 0 aliphatic carbocycles. The minimum absolute atomic E-state index is 0.178. The summed E-state index contributed by atoms with van der Waals surface area (Å²) in [7, 11) is -3.60. The zero-order chi connectivity index (χ0) is 19.6.